The number of hydrogen-bond donors (Lipinski definition) is 2. The lowest BCUT2D eigenvalue weighted by Gasteiger charge is -2.20. The van der Waals surface area contributed by atoms with Crippen LogP contribution in [0.25, 0.3) is 0 Å². The lowest BCUT2D eigenvalue weighted by atomic mass is 10.1. The van der Waals surface area contributed by atoms with Crippen molar-refractivity contribution in [2.75, 3.05) is 11.9 Å². The average Bonchev–Trinajstić information content (AvgIpc) is 2.22. The number of hydrogen-bond acceptors (Lipinski definition) is 4. The first-order chi connectivity index (χ1) is 7.04. The van der Waals surface area contributed by atoms with Gasteiger partial charge in [-0.2, -0.15) is 4.98 Å². The zero-order valence-corrected chi connectivity index (χ0v) is 10.0. The van der Waals surface area contributed by atoms with Crippen molar-refractivity contribution in [1.82, 2.24) is 9.97 Å². The minimum Gasteiger partial charge on any atom is -0.396 e. The Morgan fingerprint density at radius 2 is 2.13 bits per heavy atom. The van der Waals surface area contributed by atoms with E-state index in [1.165, 1.54) is 6.20 Å². The van der Waals surface area contributed by atoms with Crippen molar-refractivity contribution in [3.63, 3.8) is 0 Å². The van der Waals surface area contributed by atoms with E-state index in [0.717, 1.165) is 0 Å². The van der Waals surface area contributed by atoms with Gasteiger partial charge < -0.3 is 10.4 Å². The summed E-state index contributed by atoms with van der Waals surface area (Å²) in [6.07, 6.45) is 1.44. The minimum absolute atomic E-state index is 0.0541. The molecule has 0 aliphatic carbocycles. The molecule has 0 amide bonds. The second-order valence-corrected chi connectivity index (χ2v) is 4.17. The monoisotopic (exact) mass is 249 g/mol. The van der Waals surface area contributed by atoms with Gasteiger partial charge in [-0.1, -0.05) is 18.5 Å². The fourth-order valence-corrected chi connectivity index (χ4v) is 1.24. The molecule has 6 heteroatoms. The summed E-state index contributed by atoms with van der Waals surface area (Å²) < 4.78 is 0. The van der Waals surface area contributed by atoms with Gasteiger partial charge in [0.25, 0.3) is 0 Å². The molecule has 2 atom stereocenters. The van der Waals surface area contributed by atoms with Crippen LogP contribution in [0.3, 0.4) is 0 Å². The van der Waals surface area contributed by atoms with Crippen molar-refractivity contribution in [2.45, 2.75) is 19.9 Å². The molecule has 0 saturated carbocycles. The molecule has 84 valence electrons. The molecule has 1 aromatic rings. The molecule has 0 saturated heterocycles. The van der Waals surface area contributed by atoms with Gasteiger partial charge in [-0.3, -0.25) is 0 Å². The Bertz CT molecular complexity index is 335. The highest BCUT2D eigenvalue weighted by Crippen LogP contribution is 2.21. The number of halogens is 2. The summed E-state index contributed by atoms with van der Waals surface area (Å²) >= 11 is 11.5. The second kappa shape index (κ2) is 5.49. The van der Waals surface area contributed by atoms with E-state index in [9.17, 15) is 0 Å². The summed E-state index contributed by atoms with van der Waals surface area (Å²) in [6, 6.07) is 0.0541. The third kappa shape index (κ3) is 3.48. The molecule has 1 aromatic heterocycles. The highest BCUT2D eigenvalue weighted by atomic mass is 35.5. The summed E-state index contributed by atoms with van der Waals surface area (Å²) in [6.45, 7) is 3.96. The standard InChI is InChI=1S/C9H13Cl2N3O/c1-5(4-15)6(2)13-8-7(10)3-12-9(11)14-8/h3,5-6,15H,4H2,1-2H3,(H,12,13,14). The average molecular weight is 250 g/mol. The maximum absolute atomic E-state index is 8.98. The van der Waals surface area contributed by atoms with Crippen LogP contribution in [0.15, 0.2) is 6.20 Å². The first kappa shape index (κ1) is 12.5. The first-order valence-electron chi connectivity index (χ1n) is 4.60. The maximum Gasteiger partial charge on any atom is 0.224 e. The molecule has 1 rings (SSSR count). The molecule has 2 unspecified atom stereocenters. The number of aliphatic hydroxyl groups excluding tert-OH is 1. The lowest BCUT2D eigenvalue weighted by molar-refractivity contribution is 0.226. The number of anilines is 1. The van der Waals surface area contributed by atoms with Gasteiger partial charge in [-0.25, -0.2) is 4.98 Å². The van der Waals surface area contributed by atoms with E-state index in [4.69, 9.17) is 28.3 Å². The van der Waals surface area contributed by atoms with Gasteiger partial charge >= 0.3 is 0 Å². The number of nitrogens with zero attached hydrogens (tertiary/aromatic N) is 2. The smallest absolute Gasteiger partial charge is 0.224 e. The fraction of sp³-hybridized carbons (Fsp3) is 0.556. The second-order valence-electron chi connectivity index (χ2n) is 3.43. The third-order valence-electron chi connectivity index (χ3n) is 2.22. The zero-order valence-electron chi connectivity index (χ0n) is 8.54. The van der Waals surface area contributed by atoms with Crippen LogP contribution in [0.4, 0.5) is 5.82 Å². The molecule has 0 radical (unpaired) electrons. The Morgan fingerprint density at radius 1 is 1.47 bits per heavy atom. The van der Waals surface area contributed by atoms with Crippen molar-refractivity contribution in [3.8, 4) is 0 Å². The van der Waals surface area contributed by atoms with Crippen LogP contribution in [0, 0.1) is 5.92 Å². The molecular formula is C9H13Cl2N3O. The van der Waals surface area contributed by atoms with Crippen molar-refractivity contribution in [2.24, 2.45) is 5.92 Å². The molecular weight excluding hydrogens is 237 g/mol. The molecule has 2 N–H and O–H groups in total. The van der Waals surface area contributed by atoms with E-state index in [0.29, 0.717) is 10.8 Å². The molecule has 15 heavy (non-hydrogen) atoms. The Kier molecular flexibility index (Phi) is 4.57. The molecule has 0 aliphatic heterocycles. The van der Waals surface area contributed by atoms with E-state index in [2.05, 4.69) is 15.3 Å². The quantitative estimate of drug-likeness (QED) is 0.804. The largest absolute Gasteiger partial charge is 0.396 e. The van der Waals surface area contributed by atoms with Crippen molar-refractivity contribution in [1.29, 1.82) is 0 Å². The highest BCUT2D eigenvalue weighted by Gasteiger charge is 2.13. The van der Waals surface area contributed by atoms with Crippen LogP contribution in [0.2, 0.25) is 10.3 Å². The van der Waals surface area contributed by atoms with Crippen LogP contribution in [-0.2, 0) is 0 Å². The Hall–Kier alpha value is -0.580. The van der Waals surface area contributed by atoms with E-state index >= 15 is 0 Å². The molecule has 0 bridgehead atoms. The lowest BCUT2D eigenvalue weighted by Crippen LogP contribution is -2.26. The number of aliphatic hydroxyl groups is 1. The molecule has 1 heterocycles. The zero-order chi connectivity index (χ0) is 11.4. The van der Waals surface area contributed by atoms with Crippen LogP contribution >= 0.6 is 23.2 Å². The van der Waals surface area contributed by atoms with Crippen molar-refractivity contribution >= 4 is 29.0 Å². The molecule has 0 aromatic carbocycles. The number of aromatic nitrogens is 2. The van der Waals surface area contributed by atoms with Gasteiger partial charge in [-0.05, 0) is 24.4 Å². The van der Waals surface area contributed by atoms with E-state index in [-0.39, 0.29) is 23.9 Å². The topological polar surface area (TPSA) is 58.0 Å². The van der Waals surface area contributed by atoms with Crippen LogP contribution in [0.5, 0.6) is 0 Å². The molecule has 0 aliphatic rings. The first-order valence-corrected chi connectivity index (χ1v) is 5.35. The Balaban J connectivity index is 2.75. The van der Waals surface area contributed by atoms with E-state index in [1.807, 2.05) is 13.8 Å². The van der Waals surface area contributed by atoms with Crippen LogP contribution in [0.1, 0.15) is 13.8 Å². The Labute approximate surface area is 98.6 Å². The number of rotatable bonds is 4. The number of nitrogens with one attached hydrogen (secondary N) is 1. The van der Waals surface area contributed by atoms with Crippen LogP contribution < -0.4 is 5.32 Å². The SMILES string of the molecule is CC(CO)C(C)Nc1nc(Cl)ncc1Cl. The Morgan fingerprint density at radius 3 is 2.73 bits per heavy atom. The molecule has 4 nitrogen and oxygen atoms in total. The summed E-state index contributed by atoms with van der Waals surface area (Å²) in [5.74, 6) is 0.597. The van der Waals surface area contributed by atoms with Gasteiger partial charge in [0.2, 0.25) is 5.28 Å². The molecule has 0 fully saturated rings. The van der Waals surface area contributed by atoms with Gasteiger partial charge in [0.1, 0.15) is 10.8 Å². The summed E-state index contributed by atoms with van der Waals surface area (Å²) in [5.41, 5.74) is 0. The maximum atomic E-state index is 8.98. The fourth-order valence-electron chi connectivity index (χ4n) is 0.963. The van der Waals surface area contributed by atoms with Gasteiger partial charge in [0, 0.05) is 12.6 Å². The van der Waals surface area contributed by atoms with Crippen molar-refractivity contribution in [3.05, 3.63) is 16.5 Å². The normalized spacial score (nSPS) is 14.7. The highest BCUT2D eigenvalue weighted by molar-refractivity contribution is 6.33. The van der Waals surface area contributed by atoms with Crippen molar-refractivity contribution < 1.29 is 5.11 Å². The van der Waals surface area contributed by atoms with Gasteiger partial charge in [0.15, 0.2) is 0 Å². The summed E-state index contributed by atoms with van der Waals surface area (Å²) in [7, 11) is 0. The summed E-state index contributed by atoms with van der Waals surface area (Å²) in [4.78, 5) is 7.70. The third-order valence-corrected chi connectivity index (χ3v) is 2.68. The van der Waals surface area contributed by atoms with E-state index < -0.39 is 0 Å². The predicted molar refractivity (Wildman–Crippen MR) is 61.4 cm³/mol. The minimum atomic E-state index is 0.0541. The molecule has 0 spiro atoms. The summed E-state index contributed by atoms with van der Waals surface area (Å²) in [5, 5.41) is 12.6. The van der Waals surface area contributed by atoms with E-state index in [1.54, 1.807) is 0 Å². The van der Waals surface area contributed by atoms with Gasteiger partial charge in [0.05, 0.1) is 6.20 Å². The van der Waals surface area contributed by atoms with Crippen LogP contribution in [-0.4, -0.2) is 27.7 Å². The van der Waals surface area contributed by atoms with Gasteiger partial charge in [-0.15, -0.1) is 0 Å². The predicted octanol–water partition coefficient (Wildman–Crippen LogP) is 2.21.